The van der Waals surface area contributed by atoms with Gasteiger partial charge in [0.2, 0.25) is 0 Å². The molecule has 0 saturated carbocycles. The molecule has 0 saturated heterocycles. The van der Waals surface area contributed by atoms with Gasteiger partial charge in [-0.2, -0.15) is 5.10 Å². The molecule has 0 aliphatic heterocycles. The SMILES string of the molecule is O=C(NCc1ccccn1)C(=O)NN=Cc1ccccc1F. The van der Waals surface area contributed by atoms with E-state index in [1.165, 1.54) is 18.2 Å². The van der Waals surface area contributed by atoms with Gasteiger partial charge in [0.15, 0.2) is 0 Å². The van der Waals surface area contributed by atoms with Crippen molar-refractivity contribution in [3.63, 3.8) is 0 Å². The van der Waals surface area contributed by atoms with Crippen LogP contribution in [0.25, 0.3) is 0 Å². The van der Waals surface area contributed by atoms with Gasteiger partial charge in [0.25, 0.3) is 0 Å². The minimum absolute atomic E-state index is 0.129. The third-order valence-corrected chi connectivity index (χ3v) is 2.64. The predicted molar refractivity (Wildman–Crippen MR) is 78.2 cm³/mol. The van der Waals surface area contributed by atoms with Gasteiger partial charge in [-0.15, -0.1) is 0 Å². The van der Waals surface area contributed by atoms with Gasteiger partial charge >= 0.3 is 11.8 Å². The second-order valence-corrected chi connectivity index (χ2v) is 4.22. The first-order valence-corrected chi connectivity index (χ1v) is 6.42. The van der Waals surface area contributed by atoms with Crippen LogP contribution in [-0.2, 0) is 16.1 Å². The summed E-state index contributed by atoms with van der Waals surface area (Å²) in [7, 11) is 0. The fourth-order valence-electron chi connectivity index (χ4n) is 1.54. The Morgan fingerprint density at radius 1 is 1.14 bits per heavy atom. The van der Waals surface area contributed by atoms with Crippen molar-refractivity contribution in [2.45, 2.75) is 6.54 Å². The van der Waals surface area contributed by atoms with Gasteiger partial charge < -0.3 is 5.32 Å². The molecule has 0 aliphatic carbocycles. The Hall–Kier alpha value is -3.09. The summed E-state index contributed by atoms with van der Waals surface area (Å²) in [4.78, 5) is 27.0. The number of carbonyl (C=O) groups excluding carboxylic acids is 2. The van der Waals surface area contributed by atoms with Gasteiger partial charge in [-0.3, -0.25) is 14.6 Å². The van der Waals surface area contributed by atoms with Crippen LogP contribution in [0.15, 0.2) is 53.8 Å². The summed E-state index contributed by atoms with van der Waals surface area (Å²) >= 11 is 0. The number of hydrazone groups is 1. The van der Waals surface area contributed by atoms with Gasteiger partial charge in [-0.1, -0.05) is 24.3 Å². The standard InChI is InChI=1S/C15H13FN4O2/c16-13-7-2-1-5-11(13)9-19-20-15(22)14(21)18-10-12-6-3-4-8-17-12/h1-9H,10H2,(H,18,21)(H,20,22). The second-order valence-electron chi connectivity index (χ2n) is 4.22. The van der Waals surface area contributed by atoms with Crippen molar-refractivity contribution in [2.75, 3.05) is 0 Å². The van der Waals surface area contributed by atoms with E-state index in [1.54, 1.807) is 30.5 Å². The minimum Gasteiger partial charge on any atom is -0.342 e. The Bertz CT molecular complexity index is 689. The molecule has 7 heteroatoms. The number of benzene rings is 1. The topological polar surface area (TPSA) is 83.5 Å². The van der Waals surface area contributed by atoms with Crippen molar-refractivity contribution >= 4 is 18.0 Å². The Morgan fingerprint density at radius 3 is 2.64 bits per heavy atom. The largest absolute Gasteiger partial charge is 0.342 e. The average Bonchev–Trinajstić information content (AvgIpc) is 2.55. The highest BCUT2D eigenvalue weighted by molar-refractivity contribution is 6.35. The maximum atomic E-state index is 13.3. The predicted octanol–water partition coefficient (Wildman–Crippen LogP) is 0.987. The van der Waals surface area contributed by atoms with Crippen LogP contribution in [0, 0.1) is 5.82 Å². The third-order valence-electron chi connectivity index (χ3n) is 2.64. The number of amides is 2. The first kappa shape index (κ1) is 15.3. The molecule has 1 aromatic heterocycles. The van der Waals surface area contributed by atoms with Crippen LogP contribution in [-0.4, -0.2) is 23.0 Å². The Morgan fingerprint density at radius 2 is 1.91 bits per heavy atom. The lowest BCUT2D eigenvalue weighted by atomic mass is 10.2. The zero-order valence-corrected chi connectivity index (χ0v) is 11.5. The number of aromatic nitrogens is 1. The monoisotopic (exact) mass is 300 g/mol. The van der Waals surface area contributed by atoms with Crippen LogP contribution >= 0.6 is 0 Å². The lowest BCUT2D eigenvalue weighted by Crippen LogP contribution is -2.37. The smallest absolute Gasteiger partial charge is 0.329 e. The maximum Gasteiger partial charge on any atom is 0.329 e. The quantitative estimate of drug-likeness (QED) is 0.502. The molecule has 22 heavy (non-hydrogen) atoms. The summed E-state index contributed by atoms with van der Waals surface area (Å²) in [5.74, 6) is -2.26. The Labute approximate surface area is 126 Å². The number of nitrogens with zero attached hydrogens (tertiary/aromatic N) is 2. The number of hydrogen-bond donors (Lipinski definition) is 2. The van der Waals surface area contributed by atoms with E-state index in [0.717, 1.165) is 6.21 Å². The molecule has 0 fully saturated rings. The molecule has 0 unspecified atom stereocenters. The van der Waals surface area contributed by atoms with E-state index < -0.39 is 17.6 Å². The molecule has 2 rings (SSSR count). The van der Waals surface area contributed by atoms with Gasteiger partial charge in [0, 0.05) is 11.8 Å². The molecule has 0 bridgehead atoms. The van der Waals surface area contributed by atoms with E-state index >= 15 is 0 Å². The number of hydrogen-bond acceptors (Lipinski definition) is 4. The van der Waals surface area contributed by atoms with Crippen LogP contribution in [0.2, 0.25) is 0 Å². The minimum atomic E-state index is -0.941. The zero-order valence-electron chi connectivity index (χ0n) is 11.5. The number of rotatable bonds is 4. The first-order valence-electron chi connectivity index (χ1n) is 6.42. The summed E-state index contributed by atoms with van der Waals surface area (Å²) in [6.07, 6.45) is 2.71. The van der Waals surface area contributed by atoms with Crippen molar-refractivity contribution in [1.29, 1.82) is 0 Å². The summed E-state index contributed by atoms with van der Waals surface area (Å²) < 4.78 is 13.3. The average molecular weight is 300 g/mol. The van der Waals surface area contributed by atoms with E-state index in [9.17, 15) is 14.0 Å². The summed E-state index contributed by atoms with van der Waals surface area (Å²) in [6, 6.07) is 11.2. The Balaban J connectivity index is 1.82. The molecule has 112 valence electrons. The maximum absolute atomic E-state index is 13.3. The highest BCUT2D eigenvalue weighted by Crippen LogP contribution is 2.02. The first-order chi connectivity index (χ1) is 10.7. The molecule has 1 heterocycles. The van der Waals surface area contributed by atoms with E-state index in [0.29, 0.717) is 5.69 Å². The van der Waals surface area contributed by atoms with Crippen LogP contribution in [0.5, 0.6) is 0 Å². The van der Waals surface area contributed by atoms with Crippen LogP contribution in [0.4, 0.5) is 4.39 Å². The summed E-state index contributed by atoms with van der Waals surface area (Å²) in [6.45, 7) is 0.129. The van der Waals surface area contributed by atoms with Crippen molar-refractivity contribution in [1.82, 2.24) is 15.7 Å². The zero-order chi connectivity index (χ0) is 15.8. The fraction of sp³-hybridized carbons (Fsp3) is 0.0667. The molecule has 0 aliphatic rings. The van der Waals surface area contributed by atoms with E-state index in [-0.39, 0.29) is 12.1 Å². The highest BCUT2D eigenvalue weighted by Gasteiger charge is 2.12. The number of nitrogens with one attached hydrogen (secondary N) is 2. The number of halogens is 1. The number of pyridine rings is 1. The molecule has 1 aromatic carbocycles. The van der Waals surface area contributed by atoms with Crippen molar-refractivity contribution in [2.24, 2.45) is 5.10 Å². The van der Waals surface area contributed by atoms with Crippen LogP contribution < -0.4 is 10.7 Å². The molecule has 2 amide bonds. The van der Waals surface area contributed by atoms with E-state index in [1.807, 2.05) is 5.43 Å². The summed E-state index contributed by atoms with van der Waals surface area (Å²) in [5, 5.41) is 5.93. The second kappa shape index (κ2) is 7.63. The van der Waals surface area contributed by atoms with Gasteiger partial charge in [-0.05, 0) is 18.2 Å². The van der Waals surface area contributed by atoms with E-state index in [4.69, 9.17) is 0 Å². The molecular weight excluding hydrogens is 287 g/mol. The molecule has 0 spiro atoms. The number of carbonyl (C=O) groups is 2. The van der Waals surface area contributed by atoms with Crippen molar-refractivity contribution in [3.8, 4) is 0 Å². The highest BCUT2D eigenvalue weighted by atomic mass is 19.1. The third kappa shape index (κ3) is 4.48. The fourth-order valence-corrected chi connectivity index (χ4v) is 1.54. The molecule has 0 atom stereocenters. The van der Waals surface area contributed by atoms with Crippen molar-refractivity contribution in [3.05, 3.63) is 65.7 Å². The van der Waals surface area contributed by atoms with Gasteiger partial charge in [0.05, 0.1) is 18.5 Å². The molecule has 2 N–H and O–H groups in total. The van der Waals surface area contributed by atoms with Gasteiger partial charge in [0.1, 0.15) is 5.82 Å². The van der Waals surface area contributed by atoms with Crippen LogP contribution in [0.1, 0.15) is 11.3 Å². The lowest BCUT2D eigenvalue weighted by Gasteiger charge is -2.03. The summed E-state index contributed by atoms with van der Waals surface area (Å²) in [5.41, 5.74) is 2.85. The molecular formula is C15H13FN4O2. The normalized spacial score (nSPS) is 10.4. The lowest BCUT2D eigenvalue weighted by molar-refractivity contribution is -0.139. The van der Waals surface area contributed by atoms with E-state index in [2.05, 4.69) is 15.4 Å². The van der Waals surface area contributed by atoms with Crippen molar-refractivity contribution < 1.29 is 14.0 Å². The van der Waals surface area contributed by atoms with Crippen LogP contribution in [0.3, 0.4) is 0 Å². The molecule has 6 nitrogen and oxygen atoms in total. The Kier molecular flexibility index (Phi) is 5.31. The molecule has 2 aromatic rings. The van der Waals surface area contributed by atoms with Gasteiger partial charge in [-0.25, -0.2) is 9.82 Å². The molecule has 0 radical (unpaired) electrons.